The lowest BCUT2D eigenvalue weighted by Crippen LogP contribution is -3.00. The van der Waals surface area contributed by atoms with Crippen LogP contribution in [0.25, 0.3) is 0 Å². The molecule has 1 unspecified atom stereocenters. The fourth-order valence-electron chi connectivity index (χ4n) is 3.32. The molecule has 1 atom stereocenters. The first-order valence-electron chi connectivity index (χ1n) is 7.58. The van der Waals surface area contributed by atoms with Gasteiger partial charge in [0.2, 0.25) is 0 Å². The molecule has 0 saturated carbocycles. The Morgan fingerprint density at radius 2 is 1.90 bits per heavy atom. The number of benzene rings is 1. The third kappa shape index (κ3) is 4.87. The predicted octanol–water partition coefficient (Wildman–Crippen LogP) is 0.616. The van der Waals surface area contributed by atoms with Crippen molar-refractivity contribution in [1.29, 1.82) is 0 Å². The second-order valence-corrected chi connectivity index (χ2v) is 6.55. The van der Waals surface area contributed by atoms with Crippen LogP contribution in [0.15, 0.2) is 30.3 Å². The van der Waals surface area contributed by atoms with E-state index in [0.29, 0.717) is 0 Å². The molecule has 114 valence electrons. The summed E-state index contributed by atoms with van der Waals surface area (Å²) >= 11 is 0. The van der Waals surface area contributed by atoms with Crippen molar-refractivity contribution in [2.75, 3.05) is 26.2 Å². The largest absolute Gasteiger partial charge is 1.00 e. The lowest BCUT2D eigenvalue weighted by molar-refractivity contribution is -0.954. The first-order chi connectivity index (χ1) is 9.05. The number of hydrogen-bond donors (Lipinski definition) is 0. The van der Waals surface area contributed by atoms with Crippen LogP contribution < -0.4 is 17.0 Å². The van der Waals surface area contributed by atoms with Crippen LogP contribution in [-0.4, -0.2) is 36.3 Å². The quantitative estimate of drug-likeness (QED) is 0.713. The maximum Gasteiger partial charge on any atom is 0.112 e. The molecule has 2 nitrogen and oxygen atoms in total. The van der Waals surface area contributed by atoms with Gasteiger partial charge in [0, 0.05) is 5.56 Å². The molecule has 2 rings (SSSR count). The molecule has 0 aliphatic carbocycles. The average molecular weight is 342 g/mol. The molecule has 1 aromatic rings. The zero-order valence-corrected chi connectivity index (χ0v) is 14.7. The van der Waals surface area contributed by atoms with E-state index in [9.17, 15) is 0 Å². The molecule has 20 heavy (non-hydrogen) atoms. The number of nitrogens with zero attached hydrogens (tertiary/aromatic N) is 1. The van der Waals surface area contributed by atoms with Crippen molar-refractivity contribution in [3.63, 3.8) is 0 Å². The molecule has 0 N–H and O–H groups in total. The standard InChI is InChI=1S/C17H28NO.BrH/c1-4-5-11-18(12-13-19-17(2,3)15-18)14-16-9-7-6-8-10-16;/h6-10H,4-5,11-15H2,1-3H3;1H/q+1;/p-1. The molecule has 0 radical (unpaired) electrons. The highest BCUT2D eigenvalue weighted by atomic mass is 79.9. The Hall–Kier alpha value is -0.380. The van der Waals surface area contributed by atoms with Gasteiger partial charge in [-0.3, -0.25) is 0 Å². The van der Waals surface area contributed by atoms with Gasteiger partial charge in [-0.1, -0.05) is 43.7 Å². The number of morpholine rings is 1. The average Bonchev–Trinajstić information content (AvgIpc) is 2.36. The molecule has 1 fully saturated rings. The van der Waals surface area contributed by atoms with Crippen molar-refractivity contribution in [2.45, 2.75) is 45.8 Å². The van der Waals surface area contributed by atoms with Gasteiger partial charge in [0.15, 0.2) is 0 Å². The third-order valence-corrected chi connectivity index (χ3v) is 4.12. The number of unbranched alkanes of at least 4 members (excludes halogenated alkanes) is 1. The van der Waals surface area contributed by atoms with E-state index >= 15 is 0 Å². The van der Waals surface area contributed by atoms with Gasteiger partial charge in [-0.2, -0.15) is 0 Å². The van der Waals surface area contributed by atoms with Crippen LogP contribution in [0.2, 0.25) is 0 Å². The van der Waals surface area contributed by atoms with Crippen LogP contribution in [0.1, 0.15) is 39.2 Å². The van der Waals surface area contributed by atoms with Crippen molar-refractivity contribution in [1.82, 2.24) is 0 Å². The molecule has 1 aliphatic rings. The van der Waals surface area contributed by atoms with E-state index in [2.05, 4.69) is 51.1 Å². The van der Waals surface area contributed by atoms with Gasteiger partial charge < -0.3 is 26.2 Å². The SMILES string of the molecule is CCCC[N+]1(Cc2ccccc2)CCOC(C)(C)C1.[Br-]. The van der Waals surface area contributed by atoms with Crippen LogP contribution in [0.4, 0.5) is 0 Å². The molecule has 0 amide bonds. The van der Waals surface area contributed by atoms with Crippen molar-refractivity contribution in [3.8, 4) is 0 Å². The van der Waals surface area contributed by atoms with Gasteiger partial charge in [0.05, 0.1) is 13.2 Å². The van der Waals surface area contributed by atoms with E-state index in [0.717, 1.165) is 26.2 Å². The molecule has 1 aliphatic heterocycles. The summed E-state index contributed by atoms with van der Waals surface area (Å²) in [5, 5.41) is 0. The maximum atomic E-state index is 5.92. The van der Waals surface area contributed by atoms with Gasteiger partial charge in [-0.25, -0.2) is 0 Å². The van der Waals surface area contributed by atoms with E-state index in [4.69, 9.17) is 4.74 Å². The van der Waals surface area contributed by atoms with Crippen LogP contribution in [0, 0.1) is 0 Å². The van der Waals surface area contributed by atoms with Gasteiger partial charge in [-0.15, -0.1) is 0 Å². The molecule has 1 aromatic carbocycles. The van der Waals surface area contributed by atoms with E-state index < -0.39 is 0 Å². The Morgan fingerprint density at radius 3 is 2.50 bits per heavy atom. The molecular weight excluding hydrogens is 314 g/mol. The number of ether oxygens (including phenoxy) is 1. The highest BCUT2D eigenvalue weighted by Crippen LogP contribution is 2.27. The topological polar surface area (TPSA) is 9.23 Å². The summed E-state index contributed by atoms with van der Waals surface area (Å²) in [5.74, 6) is 0. The lowest BCUT2D eigenvalue weighted by Gasteiger charge is -2.47. The minimum atomic E-state index is 0. The maximum absolute atomic E-state index is 5.92. The monoisotopic (exact) mass is 341 g/mol. The van der Waals surface area contributed by atoms with Crippen molar-refractivity contribution in [3.05, 3.63) is 35.9 Å². The van der Waals surface area contributed by atoms with Crippen molar-refractivity contribution >= 4 is 0 Å². The fraction of sp³-hybridized carbons (Fsp3) is 0.647. The molecule has 3 heteroatoms. The summed E-state index contributed by atoms with van der Waals surface area (Å²) in [6.45, 7) is 12.3. The van der Waals surface area contributed by atoms with Crippen molar-refractivity contribution in [2.24, 2.45) is 0 Å². The molecule has 0 bridgehead atoms. The Kier molecular flexibility index (Phi) is 6.70. The van der Waals surface area contributed by atoms with E-state index in [1.807, 2.05) is 0 Å². The highest BCUT2D eigenvalue weighted by Gasteiger charge is 2.39. The number of quaternary nitrogens is 1. The van der Waals surface area contributed by atoms with Gasteiger partial charge >= 0.3 is 0 Å². The van der Waals surface area contributed by atoms with Gasteiger partial charge in [-0.05, 0) is 20.3 Å². The van der Waals surface area contributed by atoms with Crippen LogP contribution in [0.3, 0.4) is 0 Å². The highest BCUT2D eigenvalue weighted by molar-refractivity contribution is 5.13. The summed E-state index contributed by atoms with van der Waals surface area (Å²) in [7, 11) is 0. The normalized spacial score (nSPS) is 24.9. The van der Waals surface area contributed by atoms with Crippen molar-refractivity contribution < 1.29 is 26.2 Å². The van der Waals surface area contributed by atoms with Gasteiger partial charge in [0.25, 0.3) is 0 Å². The second-order valence-electron chi connectivity index (χ2n) is 6.55. The van der Waals surface area contributed by atoms with Gasteiger partial charge in [0.1, 0.15) is 25.2 Å². The lowest BCUT2D eigenvalue weighted by atomic mass is 10.0. The third-order valence-electron chi connectivity index (χ3n) is 4.12. The van der Waals surface area contributed by atoms with Crippen LogP contribution in [0.5, 0.6) is 0 Å². The summed E-state index contributed by atoms with van der Waals surface area (Å²) in [6, 6.07) is 10.9. The minimum Gasteiger partial charge on any atom is -1.00 e. The Labute approximate surface area is 134 Å². The molecular formula is C17H28BrNO. The summed E-state index contributed by atoms with van der Waals surface area (Å²) < 4.78 is 7.11. The minimum absolute atomic E-state index is 0. The summed E-state index contributed by atoms with van der Waals surface area (Å²) in [4.78, 5) is 0. The smallest absolute Gasteiger partial charge is 0.112 e. The first-order valence-corrected chi connectivity index (χ1v) is 7.58. The summed E-state index contributed by atoms with van der Waals surface area (Å²) in [6.07, 6.45) is 2.58. The number of hydrogen-bond acceptors (Lipinski definition) is 1. The van der Waals surface area contributed by atoms with E-state index in [-0.39, 0.29) is 22.6 Å². The Balaban J connectivity index is 0.00000200. The molecule has 0 aromatic heterocycles. The van der Waals surface area contributed by atoms with E-state index in [1.54, 1.807) is 0 Å². The predicted molar refractivity (Wildman–Crippen MR) is 79.9 cm³/mol. The fourth-order valence-corrected chi connectivity index (χ4v) is 3.32. The second kappa shape index (κ2) is 7.58. The van der Waals surface area contributed by atoms with E-state index in [1.165, 1.54) is 29.4 Å². The Bertz CT molecular complexity index is 393. The zero-order chi connectivity index (χ0) is 13.8. The molecule has 1 heterocycles. The van der Waals surface area contributed by atoms with Crippen LogP contribution >= 0.6 is 0 Å². The van der Waals surface area contributed by atoms with Crippen LogP contribution in [-0.2, 0) is 11.3 Å². The Morgan fingerprint density at radius 1 is 1.20 bits per heavy atom. The first kappa shape index (κ1) is 17.7. The number of rotatable bonds is 5. The molecule has 1 saturated heterocycles. The molecule has 0 spiro atoms. The summed E-state index contributed by atoms with van der Waals surface area (Å²) in [5.41, 5.74) is 1.47. The number of halogens is 1. The zero-order valence-electron chi connectivity index (χ0n) is 13.1.